The Balaban J connectivity index is 2.12. The zero-order chi connectivity index (χ0) is 15.2. The Hall–Kier alpha value is -1.92. The summed E-state index contributed by atoms with van der Waals surface area (Å²) in [5, 5.41) is 17.3. The summed E-state index contributed by atoms with van der Waals surface area (Å²) in [7, 11) is 0. The van der Waals surface area contributed by atoms with Gasteiger partial charge in [0, 0.05) is 0 Å². The number of hydrogen-bond acceptors (Lipinski definition) is 5. The van der Waals surface area contributed by atoms with Gasteiger partial charge < -0.3 is 9.52 Å². The van der Waals surface area contributed by atoms with E-state index in [0.717, 1.165) is 6.42 Å². The van der Waals surface area contributed by atoms with Crippen molar-refractivity contribution in [3.8, 4) is 11.5 Å². The van der Waals surface area contributed by atoms with E-state index in [1.165, 1.54) is 0 Å². The van der Waals surface area contributed by atoms with E-state index in [1.807, 2.05) is 19.1 Å². The molecule has 0 amide bonds. The first kappa shape index (κ1) is 15.5. The third-order valence-corrected chi connectivity index (χ3v) is 3.16. The minimum atomic E-state index is -0.880. The molecule has 1 heterocycles. The lowest BCUT2D eigenvalue weighted by Gasteiger charge is -2.16. The van der Waals surface area contributed by atoms with Crippen molar-refractivity contribution in [2.45, 2.75) is 19.9 Å². The minimum absolute atomic E-state index is 0.0579. The Bertz CT molecular complexity index is 615. The fraction of sp³-hybridized carbons (Fsp3) is 0.357. The zero-order valence-electron chi connectivity index (χ0n) is 11.6. The summed E-state index contributed by atoms with van der Waals surface area (Å²) in [4.78, 5) is 12.6. The molecule has 0 aliphatic heterocycles. The van der Waals surface area contributed by atoms with Crippen molar-refractivity contribution >= 4 is 17.6 Å². The second-order valence-electron chi connectivity index (χ2n) is 4.59. The van der Waals surface area contributed by atoms with E-state index in [-0.39, 0.29) is 6.54 Å². The minimum Gasteiger partial charge on any atom is -0.480 e. The monoisotopic (exact) mass is 309 g/mol. The first-order valence-electron chi connectivity index (χ1n) is 6.61. The molecule has 21 heavy (non-hydrogen) atoms. The molecule has 112 valence electrons. The molecular formula is C14H16ClN3O3. The van der Waals surface area contributed by atoms with Gasteiger partial charge in [-0.15, -0.1) is 10.2 Å². The summed E-state index contributed by atoms with van der Waals surface area (Å²) in [6, 6.07) is 7.19. The molecule has 0 aliphatic carbocycles. The largest absolute Gasteiger partial charge is 0.480 e. The molecule has 0 saturated heterocycles. The van der Waals surface area contributed by atoms with Gasteiger partial charge in [0.1, 0.15) is 0 Å². The summed E-state index contributed by atoms with van der Waals surface area (Å²) in [5.74, 6) is -0.170. The summed E-state index contributed by atoms with van der Waals surface area (Å²) in [5.41, 5.74) is 0.665. The van der Waals surface area contributed by atoms with Crippen LogP contribution in [0.15, 0.2) is 28.7 Å². The van der Waals surface area contributed by atoms with Crippen LogP contribution in [0.4, 0.5) is 0 Å². The first-order valence-corrected chi connectivity index (χ1v) is 6.99. The van der Waals surface area contributed by atoms with E-state index in [0.29, 0.717) is 35.5 Å². The predicted molar refractivity (Wildman–Crippen MR) is 77.9 cm³/mol. The molecule has 1 N–H and O–H groups in total. The highest BCUT2D eigenvalue weighted by Gasteiger charge is 2.15. The van der Waals surface area contributed by atoms with Crippen molar-refractivity contribution in [2.75, 3.05) is 13.1 Å². The highest BCUT2D eigenvalue weighted by atomic mass is 35.5. The summed E-state index contributed by atoms with van der Waals surface area (Å²) in [6.07, 6.45) is 0.846. The third kappa shape index (κ3) is 4.27. The Morgan fingerprint density at radius 2 is 2.14 bits per heavy atom. The van der Waals surface area contributed by atoms with Crippen LogP contribution < -0.4 is 0 Å². The van der Waals surface area contributed by atoms with Crippen molar-refractivity contribution in [2.24, 2.45) is 0 Å². The van der Waals surface area contributed by atoms with Crippen molar-refractivity contribution in [1.29, 1.82) is 0 Å². The lowest BCUT2D eigenvalue weighted by molar-refractivity contribution is -0.138. The Labute approximate surface area is 127 Å². The summed E-state index contributed by atoms with van der Waals surface area (Å²) >= 11 is 6.08. The van der Waals surface area contributed by atoms with Crippen LogP contribution in [0.3, 0.4) is 0 Å². The predicted octanol–water partition coefficient (Wildman–Crippen LogP) is 2.69. The van der Waals surface area contributed by atoms with Gasteiger partial charge in [0.15, 0.2) is 0 Å². The number of carboxylic acids is 1. The number of nitrogens with zero attached hydrogens (tertiary/aromatic N) is 3. The number of halogens is 1. The van der Waals surface area contributed by atoms with Crippen LogP contribution in [0.25, 0.3) is 11.5 Å². The van der Waals surface area contributed by atoms with E-state index in [9.17, 15) is 4.79 Å². The highest BCUT2D eigenvalue weighted by molar-refractivity contribution is 6.33. The molecule has 0 unspecified atom stereocenters. The SMILES string of the molecule is CCCN(CC(=O)O)Cc1nnc(-c2ccccc2Cl)o1. The number of hydrogen-bond donors (Lipinski definition) is 1. The Morgan fingerprint density at radius 3 is 2.81 bits per heavy atom. The van der Waals surface area contributed by atoms with Gasteiger partial charge in [0.2, 0.25) is 11.8 Å². The van der Waals surface area contributed by atoms with Gasteiger partial charge in [-0.3, -0.25) is 9.69 Å². The van der Waals surface area contributed by atoms with Crippen molar-refractivity contribution in [3.63, 3.8) is 0 Å². The molecule has 0 aliphatic rings. The van der Waals surface area contributed by atoms with E-state index < -0.39 is 5.97 Å². The van der Waals surface area contributed by atoms with Gasteiger partial charge >= 0.3 is 5.97 Å². The summed E-state index contributed by atoms with van der Waals surface area (Å²) < 4.78 is 5.57. The van der Waals surface area contributed by atoms with E-state index in [2.05, 4.69) is 10.2 Å². The normalized spacial score (nSPS) is 11.0. The van der Waals surface area contributed by atoms with Crippen LogP contribution in [-0.2, 0) is 11.3 Å². The molecule has 0 radical (unpaired) electrons. The van der Waals surface area contributed by atoms with Gasteiger partial charge in [-0.25, -0.2) is 0 Å². The zero-order valence-corrected chi connectivity index (χ0v) is 12.4. The highest BCUT2D eigenvalue weighted by Crippen LogP contribution is 2.26. The topological polar surface area (TPSA) is 79.5 Å². The molecule has 1 aromatic carbocycles. The Morgan fingerprint density at radius 1 is 1.38 bits per heavy atom. The molecule has 0 bridgehead atoms. The van der Waals surface area contributed by atoms with Crippen molar-refractivity contribution in [3.05, 3.63) is 35.2 Å². The number of rotatable bonds is 7. The van der Waals surface area contributed by atoms with Crippen LogP contribution in [0.1, 0.15) is 19.2 Å². The second-order valence-corrected chi connectivity index (χ2v) is 4.99. The fourth-order valence-electron chi connectivity index (χ4n) is 1.97. The van der Waals surface area contributed by atoms with Crippen LogP contribution in [0.2, 0.25) is 5.02 Å². The molecule has 0 atom stereocenters. The molecule has 1 aromatic heterocycles. The Kier molecular flexibility index (Phi) is 5.30. The number of carbonyl (C=O) groups is 1. The number of aliphatic carboxylic acids is 1. The molecule has 2 aromatic rings. The fourth-order valence-corrected chi connectivity index (χ4v) is 2.19. The molecule has 0 spiro atoms. The first-order chi connectivity index (χ1) is 10.1. The lowest BCUT2D eigenvalue weighted by atomic mass is 10.2. The van der Waals surface area contributed by atoms with Crippen LogP contribution >= 0.6 is 11.6 Å². The number of aromatic nitrogens is 2. The van der Waals surface area contributed by atoms with Gasteiger partial charge in [-0.2, -0.15) is 0 Å². The maximum atomic E-state index is 10.8. The second kappa shape index (κ2) is 7.19. The van der Waals surface area contributed by atoms with Gasteiger partial charge in [0.05, 0.1) is 23.7 Å². The maximum Gasteiger partial charge on any atom is 0.317 e. The van der Waals surface area contributed by atoms with Crippen molar-refractivity contribution in [1.82, 2.24) is 15.1 Å². The molecule has 6 nitrogen and oxygen atoms in total. The summed E-state index contributed by atoms with van der Waals surface area (Å²) in [6.45, 7) is 2.88. The molecule has 0 fully saturated rings. The van der Waals surface area contributed by atoms with Gasteiger partial charge in [-0.1, -0.05) is 30.7 Å². The quantitative estimate of drug-likeness (QED) is 0.847. The number of benzene rings is 1. The van der Waals surface area contributed by atoms with Crippen LogP contribution in [0, 0.1) is 0 Å². The van der Waals surface area contributed by atoms with Crippen molar-refractivity contribution < 1.29 is 14.3 Å². The van der Waals surface area contributed by atoms with Gasteiger partial charge in [0.25, 0.3) is 0 Å². The smallest absolute Gasteiger partial charge is 0.317 e. The van der Waals surface area contributed by atoms with E-state index in [1.54, 1.807) is 17.0 Å². The average Bonchev–Trinajstić information content (AvgIpc) is 2.87. The third-order valence-electron chi connectivity index (χ3n) is 2.83. The lowest BCUT2D eigenvalue weighted by Crippen LogP contribution is -2.30. The van der Waals surface area contributed by atoms with Crippen LogP contribution in [0.5, 0.6) is 0 Å². The molecule has 2 rings (SSSR count). The average molecular weight is 310 g/mol. The number of carboxylic acid groups (broad SMARTS) is 1. The molecule has 7 heteroatoms. The van der Waals surface area contributed by atoms with Gasteiger partial charge in [-0.05, 0) is 25.1 Å². The standard InChI is InChI=1S/C14H16ClN3O3/c1-2-7-18(9-13(19)20)8-12-16-17-14(21-12)10-5-3-4-6-11(10)15/h3-6H,2,7-9H2,1H3,(H,19,20). The van der Waals surface area contributed by atoms with E-state index in [4.69, 9.17) is 21.1 Å². The molecular weight excluding hydrogens is 294 g/mol. The van der Waals surface area contributed by atoms with Crippen LogP contribution in [-0.4, -0.2) is 39.3 Å². The maximum absolute atomic E-state index is 10.8. The van der Waals surface area contributed by atoms with E-state index >= 15 is 0 Å². The molecule has 0 saturated carbocycles.